The van der Waals surface area contributed by atoms with Crippen LogP contribution < -0.4 is 9.47 Å². The number of hydrogen-bond donors (Lipinski definition) is 1. The van der Waals surface area contributed by atoms with Crippen molar-refractivity contribution in [3.63, 3.8) is 0 Å². The number of aldehydes is 1. The molecule has 1 saturated heterocycles. The van der Waals surface area contributed by atoms with Crippen molar-refractivity contribution in [2.75, 3.05) is 27.3 Å². The molecule has 2 aliphatic rings. The number of benzene rings is 2. The number of carbonyl (C=O) groups is 2. The van der Waals surface area contributed by atoms with E-state index in [1.807, 2.05) is 42.0 Å². The SMILES string of the molecule is COc1ccc(C2=NN(C3CCN(C(=O)c4ccc(O)cc4)CC3)C(C=O)C2(C)C)cc1OC. The van der Waals surface area contributed by atoms with Crippen LogP contribution in [-0.2, 0) is 4.79 Å². The number of phenols is 1. The number of carbonyl (C=O) groups excluding carboxylic acids is 2. The van der Waals surface area contributed by atoms with E-state index in [1.54, 1.807) is 26.4 Å². The van der Waals surface area contributed by atoms with Crippen LogP contribution >= 0.6 is 0 Å². The fourth-order valence-corrected chi connectivity index (χ4v) is 4.85. The standard InChI is InChI=1S/C26H31N3O5/c1-26(2)23(16-30)29(27-24(26)18-7-10-21(33-3)22(15-18)34-4)19-11-13-28(14-12-19)25(32)17-5-8-20(31)9-6-17/h5-10,15-16,19,23,31H,11-14H2,1-4H3. The van der Waals surface area contributed by atoms with Crippen LogP contribution in [0.4, 0.5) is 0 Å². The summed E-state index contributed by atoms with van der Waals surface area (Å²) in [6.07, 6.45) is 2.41. The van der Waals surface area contributed by atoms with Gasteiger partial charge in [0.15, 0.2) is 11.5 Å². The van der Waals surface area contributed by atoms with E-state index in [2.05, 4.69) is 0 Å². The first-order valence-electron chi connectivity index (χ1n) is 11.4. The van der Waals surface area contributed by atoms with E-state index in [0.717, 1.165) is 17.6 Å². The van der Waals surface area contributed by atoms with Gasteiger partial charge in [0.25, 0.3) is 5.91 Å². The fourth-order valence-electron chi connectivity index (χ4n) is 4.85. The highest BCUT2D eigenvalue weighted by Crippen LogP contribution is 2.40. The molecule has 0 spiro atoms. The van der Waals surface area contributed by atoms with Gasteiger partial charge in [-0.05, 0) is 55.3 Å². The molecule has 1 N–H and O–H groups in total. The Hall–Kier alpha value is -3.55. The Morgan fingerprint density at radius 1 is 1.06 bits per heavy atom. The Morgan fingerprint density at radius 3 is 2.29 bits per heavy atom. The van der Waals surface area contributed by atoms with E-state index in [0.29, 0.717) is 43.0 Å². The van der Waals surface area contributed by atoms with Gasteiger partial charge in [-0.3, -0.25) is 9.80 Å². The molecular weight excluding hydrogens is 434 g/mol. The van der Waals surface area contributed by atoms with Crippen LogP contribution in [0.25, 0.3) is 0 Å². The smallest absolute Gasteiger partial charge is 0.253 e. The molecule has 8 heteroatoms. The zero-order valence-corrected chi connectivity index (χ0v) is 20.0. The van der Waals surface area contributed by atoms with Crippen LogP contribution in [0.3, 0.4) is 0 Å². The number of piperidine rings is 1. The maximum Gasteiger partial charge on any atom is 0.253 e. The second-order valence-corrected chi connectivity index (χ2v) is 9.27. The van der Waals surface area contributed by atoms with Crippen LogP contribution in [0, 0.1) is 5.41 Å². The quantitative estimate of drug-likeness (QED) is 0.658. The Labute approximate surface area is 199 Å². The summed E-state index contributed by atoms with van der Waals surface area (Å²) in [6.45, 7) is 5.22. The largest absolute Gasteiger partial charge is 0.508 e. The van der Waals surface area contributed by atoms with Gasteiger partial charge < -0.3 is 24.3 Å². The van der Waals surface area contributed by atoms with Crippen molar-refractivity contribution in [1.29, 1.82) is 0 Å². The predicted octanol–water partition coefficient (Wildman–Crippen LogP) is 3.33. The number of ether oxygens (including phenoxy) is 2. The van der Waals surface area contributed by atoms with Crippen LogP contribution in [-0.4, -0.2) is 72.3 Å². The number of aromatic hydroxyl groups is 1. The van der Waals surface area contributed by atoms with E-state index in [9.17, 15) is 14.7 Å². The summed E-state index contributed by atoms with van der Waals surface area (Å²) >= 11 is 0. The summed E-state index contributed by atoms with van der Waals surface area (Å²) in [7, 11) is 3.19. The Bertz CT molecular complexity index is 1090. The molecule has 0 saturated carbocycles. The topological polar surface area (TPSA) is 91.7 Å². The summed E-state index contributed by atoms with van der Waals surface area (Å²) in [5.74, 6) is 1.33. The van der Waals surface area contributed by atoms with E-state index in [-0.39, 0.29) is 17.7 Å². The van der Waals surface area contributed by atoms with Crippen molar-refractivity contribution in [2.45, 2.75) is 38.8 Å². The lowest BCUT2D eigenvalue weighted by molar-refractivity contribution is -0.115. The lowest BCUT2D eigenvalue weighted by Crippen LogP contribution is -2.50. The Morgan fingerprint density at radius 2 is 1.71 bits per heavy atom. The number of hydrogen-bond acceptors (Lipinski definition) is 7. The molecule has 1 unspecified atom stereocenters. The number of hydrazone groups is 1. The highest BCUT2D eigenvalue weighted by Gasteiger charge is 2.47. The third kappa shape index (κ3) is 4.20. The first kappa shape index (κ1) is 23.6. The Kier molecular flexibility index (Phi) is 6.50. The number of phenolic OH excluding ortho intramolecular Hbond substituents is 1. The highest BCUT2D eigenvalue weighted by atomic mass is 16.5. The van der Waals surface area contributed by atoms with Crippen LogP contribution in [0.15, 0.2) is 47.6 Å². The zero-order chi connectivity index (χ0) is 24.5. The van der Waals surface area contributed by atoms with Crippen LogP contribution in [0.1, 0.15) is 42.6 Å². The van der Waals surface area contributed by atoms with Gasteiger partial charge in [0.2, 0.25) is 0 Å². The lowest BCUT2D eigenvalue weighted by Gasteiger charge is -2.39. The van der Waals surface area contributed by atoms with Crippen molar-refractivity contribution in [2.24, 2.45) is 10.5 Å². The number of likely N-dealkylation sites (tertiary alicyclic amines) is 1. The maximum absolute atomic E-state index is 12.8. The van der Waals surface area contributed by atoms with Gasteiger partial charge in [0.05, 0.1) is 26.0 Å². The molecule has 4 rings (SSSR count). The zero-order valence-electron chi connectivity index (χ0n) is 20.0. The molecule has 180 valence electrons. The van der Waals surface area contributed by atoms with Gasteiger partial charge in [-0.2, -0.15) is 5.10 Å². The minimum Gasteiger partial charge on any atom is -0.508 e. The normalized spacial score (nSPS) is 20.1. The molecule has 2 aromatic carbocycles. The van der Waals surface area contributed by atoms with Crippen LogP contribution in [0.2, 0.25) is 0 Å². The van der Waals surface area contributed by atoms with Crippen molar-refractivity contribution >= 4 is 17.9 Å². The Balaban J connectivity index is 1.53. The molecule has 34 heavy (non-hydrogen) atoms. The van der Waals surface area contributed by atoms with E-state index in [4.69, 9.17) is 14.6 Å². The monoisotopic (exact) mass is 465 g/mol. The molecule has 0 aromatic heterocycles. The molecule has 1 amide bonds. The third-order valence-corrected chi connectivity index (χ3v) is 6.88. The molecule has 0 bridgehead atoms. The van der Waals surface area contributed by atoms with Gasteiger partial charge in [-0.15, -0.1) is 0 Å². The maximum atomic E-state index is 12.8. The fraction of sp³-hybridized carbons (Fsp3) is 0.423. The number of nitrogens with zero attached hydrogens (tertiary/aromatic N) is 3. The molecule has 0 radical (unpaired) electrons. The molecule has 0 aliphatic carbocycles. The van der Waals surface area contributed by atoms with E-state index < -0.39 is 11.5 Å². The molecule has 2 aliphatic heterocycles. The molecule has 2 heterocycles. The molecule has 1 atom stereocenters. The first-order valence-corrected chi connectivity index (χ1v) is 11.4. The van der Waals surface area contributed by atoms with Crippen LogP contribution in [0.5, 0.6) is 17.2 Å². The predicted molar refractivity (Wildman–Crippen MR) is 129 cm³/mol. The average Bonchev–Trinajstić information content (AvgIpc) is 3.13. The van der Waals surface area contributed by atoms with Crippen molar-refractivity contribution < 1.29 is 24.2 Å². The van der Waals surface area contributed by atoms with Gasteiger partial charge in [-0.1, -0.05) is 13.8 Å². The van der Waals surface area contributed by atoms with E-state index >= 15 is 0 Å². The van der Waals surface area contributed by atoms with E-state index in [1.165, 1.54) is 12.1 Å². The third-order valence-electron chi connectivity index (χ3n) is 6.88. The number of rotatable bonds is 6. The number of methoxy groups -OCH3 is 2. The lowest BCUT2D eigenvalue weighted by atomic mass is 9.78. The van der Waals surface area contributed by atoms with Crippen molar-refractivity contribution in [3.8, 4) is 17.2 Å². The second kappa shape index (κ2) is 9.37. The molecular formula is C26H31N3O5. The summed E-state index contributed by atoms with van der Waals surface area (Å²) < 4.78 is 10.8. The second-order valence-electron chi connectivity index (χ2n) is 9.27. The van der Waals surface area contributed by atoms with Crippen molar-refractivity contribution in [3.05, 3.63) is 53.6 Å². The summed E-state index contributed by atoms with van der Waals surface area (Å²) in [4.78, 5) is 26.9. The molecule has 2 aromatic rings. The summed E-state index contributed by atoms with van der Waals surface area (Å²) in [5.41, 5.74) is 1.77. The van der Waals surface area contributed by atoms with Gasteiger partial charge >= 0.3 is 0 Å². The highest BCUT2D eigenvalue weighted by molar-refractivity contribution is 6.07. The van der Waals surface area contributed by atoms with Gasteiger partial charge in [-0.25, -0.2) is 0 Å². The molecule has 1 fully saturated rings. The minimum absolute atomic E-state index is 0.0518. The first-order chi connectivity index (χ1) is 16.3. The number of amides is 1. The minimum atomic E-state index is -0.500. The molecule has 8 nitrogen and oxygen atoms in total. The van der Waals surface area contributed by atoms with Gasteiger partial charge in [0.1, 0.15) is 18.1 Å². The van der Waals surface area contributed by atoms with Crippen molar-refractivity contribution in [1.82, 2.24) is 9.91 Å². The average molecular weight is 466 g/mol. The summed E-state index contributed by atoms with van der Waals surface area (Å²) in [6, 6.07) is 11.6. The van der Waals surface area contributed by atoms with Gasteiger partial charge in [0, 0.05) is 29.6 Å². The summed E-state index contributed by atoms with van der Waals surface area (Å²) in [5, 5.41) is 16.3.